The summed E-state index contributed by atoms with van der Waals surface area (Å²) in [5.41, 5.74) is 1.83. The lowest BCUT2D eigenvalue weighted by Gasteiger charge is -2.16. The lowest BCUT2D eigenvalue weighted by Crippen LogP contribution is -2.10. The molecule has 0 aliphatic heterocycles. The van der Waals surface area contributed by atoms with E-state index >= 15 is 0 Å². The quantitative estimate of drug-likeness (QED) is 0.868. The van der Waals surface area contributed by atoms with E-state index in [2.05, 4.69) is 5.10 Å². The van der Waals surface area contributed by atoms with Crippen LogP contribution in [0.15, 0.2) is 42.7 Å². The van der Waals surface area contributed by atoms with Gasteiger partial charge in [0.25, 0.3) is 0 Å². The van der Waals surface area contributed by atoms with Gasteiger partial charge in [0.2, 0.25) is 0 Å². The minimum absolute atomic E-state index is 0.147. The summed E-state index contributed by atoms with van der Waals surface area (Å²) in [6.45, 7) is 2.68. The van der Waals surface area contributed by atoms with Crippen LogP contribution in [0.1, 0.15) is 25.0 Å². The molecule has 1 heterocycles. The van der Waals surface area contributed by atoms with E-state index in [9.17, 15) is 5.11 Å². The van der Waals surface area contributed by atoms with Crippen molar-refractivity contribution in [3.8, 4) is 5.69 Å². The second-order valence-corrected chi connectivity index (χ2v) is 4.76. The van der Waals surface area contributed by atoms with Crippen LogP contribution in [0.2, 0.25) is 0 Å². The number of benzene rings is 1. The third-order valence-corrected chi connectivity index (χ3v) is 3.28. The third kappa shape index (κ3) is 3.43. The van der Waals surface area contributed by atoms with Crippen LogP contribution in [0, 0.1) is 5.92 Å². The molecule has 0 aliphatic carbocycles. The molecule has 2 unspecified atom stereocenters. The van der Waals surface area contributed by atoms with E-state index in [4.69, 9.17) is 4.74 Å². The summed E-state index contributed by atoms with van der Waals surface area (Å²) in [6.07, 6.45) is 3.92. The van der Waals surface area contributed by atoms with Crippen molar-refractivity contribution in [3.63, 3.8) is 0 Å². The number of hydrogen-bond acceptors (Lipinski definition) is 3. The average Bonchev–Trinajstić information content (AvgIpc) is 2.94. The van der Waals surface area contributed by atoms with Gasteiger partial charge in [0, 0.05) is 25.5 Å². The molecule has 0 aliphatic rings. The fourth-order valence-corrected chi connectivity index (χ4v) is 2.00. The number of ether oxygens (including phenoxy) is 1. The molecule has 0 spiro atoms. The van der Waals surface area contributed by atoms with Gasteiger partial charge >= 0.3 is 0 Å². The monoisotopic (exact) mass is 260 g/mol. The minimum Gasteiger partial charge on any atom is -0.388 e. The number of methoxy groups -OCH3 is 1. The van der Waals surface area contributed by atoms with E-state index in [0.717, 1.165) is 17.7 Å². The van der Waals surface area contributed by atoms with Gasteiger partial charge in [0.05, 0.1) is 18.0 Å². The Balaban J connectivity index is 2.08. The van der Waals surface area contributed by atoms with E-state index in [1.165, 1.54) is 0 Å². The van der Waals surface area contributed by atoms with E-state index in [1.54, 1.807) is 18.0 Å². The van der Waals surface area contributed by atoms with Gasteiger partial charge in [-0.2, -0.15) is 5.10 Å². The van der Waals surface area contributed by atoms with Crippen LogP contribution in [0.25, 0.3) is 5.69 Å². The Bertz CT molecular complexity index is 496. The summed E-state index contributed by atoms with van der Waals surface area (Å²) < 4.78 is 6.82. The van der Waals surface area contributed by atoms with Gasteiger partial charge in [-0.3, -0.25) is 0 Å². The van der Waals surface area contributed by atoms with Gasteiger partial charge in [-0.15, -0.1) is 0 Å². The van der Waals surface area contributed by atoms with Crippen LogP contribution in [0.4, 0.5) is 0 Å². The summed E-state index contributed by atoms with van der Waals surface area (Å²) in [5, 5.41) is 14.6. The van der Waals surface area contributed by atoms with E-state index < -0.39 is 6.10 Å². The molecule has 2 rings (SSSR count). The maximum Gasteiger partial charge on any atom is 0.0847 e. The molecule has 0 fully saturated rings. The normalized spacial score (nSPS) is 14.3. The summed E-state index contributed by atoms with van der Waals surface area (Å²) in [5.74, 6) is 0.147. The number of aliphatic hydroxyl groups is 1. The van der Waals surface area contributed by atoms with Crippen molar-refractivity contribution in [3.05, 3.63) is 48.3 Å². The van der Waals surface area contributed by atoms with Crippen LogP contribution >= 0.6 is 0 Å². The fraction of sp³-hybridized carbons (Fsp3) is 0.400. The lowest BCUT2D eigenvalue weighted by molar-refractivity contribution is 0.0886. The Labute approximate surface area is 113 Å². The first-order valence-corrected chi connectivity index (χ1v) is 6.49. The van der Waals surface area contributed by atoms with Crippen molar-refractivity contribution >= 4 is 0 Å². The van der Waals surface area contributed by atoms with Crippen LogP contribution in [0.5, 0.6) is 0 Å². The van der Waals surface area contributed by atoms with Gasteiger partial charge in [0.15, 0.2) is 0 Å². The largest absolute Gasteiger partial charge is 0.388 e. The number of nitrogens with zero attached hydrogens (tertiary/aromatic N) is 2. The van der Waals surface area contributed by atoms with Crippen molar-refractivity contribution in [2.45, 2.75) is 19.4 Å². The highest BCUT2D eigenvalue weighted by Gasteiger charge is 2.18. The highest BCUT2D eigenvalue weighted by atomic mass is 16.5. The zero-order chi connectivity index (χ0) is 13.7. The zero-order valence-electron chi connectivity index (χ0n) is 11.4. The summed E-state index contributed by atoms with van der Waals surface area (Å²) in [7, 11) is 1.67. The van der Waals surface area contributed by atoms with Crippen LogP contribution < -0.4 is 0 Å². The fourth-order valence-electron chi connectivity index (χ4n) is 2.00. The Morgan fingerprint density at radius 2 is 2.05 bits per heavy atom. The first-order chi connectivity index (χ1) is 9.22. The number of hydrogen-bond donors (Lipinski definition) is 1. The van der Waals surface area contributed by atoms with E-state index in [1.807, 2.05) is 43.5 Å². The molecule has 1 N–H and O–H groups in total. The molecule has 4 nitrogen and oxygen atoms in total. The molecular formula is C15H20N2O2. The number of rotatable bonds is 6. The van der Waals surface area contributed by atoms with Crippen LogP contribution in [-0.4, -0.2) is 28.6 Å². The van der Waals surface area contributed by atoms with Crippen molar-refractivity contribution in [2.24, 2.45) is 5.92 Å². The molecule has 2 atom stereocenters. The van der Waals surface area contributed by atoms with Crippen molar-refractivity contribution in [2.75, 3.05) is 13.7 Å². The molecule has 102 valence electrons. The number of aliphatic hydroxyl groups excluding tert-OH is 1. The highest BCUT2D eigenvalue weighted by molar-refractivity contribution is 5.31. The number of para-hydroxylation sites is 1. The van der Waals surface area contributed by atoms with E-state index in [-0.39, 0.29) is 5.92 Å². The Morgan fingerprint density at radius 1 is 1.32 bits per heavy atom. The van der Waals surface area contributed by atoms with Crippen molar-refractivity contribution in [1.82, 2.24) is 9.78 Å². The Hall–Kier alpha value is -1.65. The maximum absolute atomic E-state index is 10.3. The van der Waals surface area contributed by atoms with Gasteiger partial charge in [-0.05, 0) is 24.5 Å². The topological polar surface area (TPSA) is 47.3 Å². The predicted molar refractivity (Wildman–Crippen MR) is 74.2 cm³/mol. The van der Waals surface area contributed by atoms with E-state index in [0.29, 0.717) is 6.61 Å². The molecule has 2 aromatic rings. The minimum atomic E-state index is -0.507. The van der Waals surface area contributed by atoms with Gasteiger partial charge in [-0.1, -0.05) is 25.1 Å². The first kappa shape index (κ1) is 13.8. The highest BCUT2D eigenvalue weighted by Crippen LogP contribution is 2.24. The second kappa shape index (κ2) is 6.50. The standard InChI is InChI=1S/C15H20N2O2/c1-12(8-9-19-2)15(18)13-10-16-17(11-13)14-6-4-3-5-7-14/h3-7,10-12,15,18H,8-9H2,1-2H3. The van der Waals surface area contributed by atoms with Crippen LogP contribution in [0.3, 0.4) is 0 Å². The average molecular weight is 260 g/mol. The number of aromatic nitrogens is 2. The van der Waals surface area contributed by atoms with Gasteiger partial charge in [-0.25, -0.2) is 4.68 Å². The Kier molecular flexibility index (Phi) is 4.71. The predicted octanol–water partition coefficient (Wildman–Crippen LogP) is 2.58. The molecule has 1 aromatic carbocycles. The molecule has 1 aromatic heterocycles. The molecule has 0 amide bonds. The smallest absolute Gasteiger partial charge is 0.0847 e. The molecular weight excluding hydrogens is 240 g/mol. The lowest BCUT2D eigenvalue weighted by atomic mass is 9.97. The second-order valence-electron chi connectivity index (χ2n) is 4.76. The third-order valence-electron chi connectivity index (χ3n) is 3.28. The summed E-state index contributed by atoms with van der Waals surface area (Å²) in [6, 6.07) is 9.87. The molecule has 0 bridgehead atoms. The molecule has 4 heteroatoms. The molecule has 0 radical (unpaired) electrons. The summed E-state index contributed by atoms with van der Waals surface area (Å²) >= 11 is 0. The Morgan fingerprint density at radius 3 is 2.74 bits per heavy atom. The summed E-state index contributed by atoms with van der Waals surface area (Å²) in [4.78, 5) is 0. The maximum atomic E-state index is 10.3. The van der Waals surface area contributed by atoms with Crippen molar-refractivity contribution in [1.29, 1.82) is 0 Å². The van der Waals surface area contributed by atoms with Gasteiger partial charge < -0.3 is 9.84 Å². The van der Waals surface area contributed by atoms with Gasteiger partial charge in [0.1, 0.15) is 0 Å². The molecule has 0 saturated heterocycles. The SMILES string of the molecule is COCCC(C)C(O)c1cnn(-c2ccccc2)c1. The van der Waals surface area contributed by atoms with Crippen LogP contribution in [-0.2, 0) is 4.74 Å². The van der Waals surface area contributed by atoms with Crippen molar-refractivity contribution < 1.29 is 9.84 Å². The zero-order valence-corrected chi connectivity index (χ0v) is 11.4. The molecule has 19 heavy (non-hydrogen) atoms. The first-order valence-electron chi connectivity index (χ1n) is 6.49. The molecule has 0 saturated carbocycles.